The van der Waals surface area contributed by atoms with Crippen LogP contribution < -0.4 is 5.32 Å². The van der Waals surface area contributed by atoms with Crippen molar-refractivity contribution in [2.24, 2.45) is 29.1 Å². The molecule has 1 spiro atoms. The summed E-state index contributed by atoms with van der Waals surface area (Å²) in [4.78, 5) is 13.8. The molecule has 1 amide bonds. The highest BCUT2D eigenvalue weighted by Gasteiger charge is 2.67. The number of amides is 1. The van der Waals surface area contributed by atoms with Crippen LogP contribution >= 0.6 is 0 Å². The maximum Gasteiger partial charge on any atom is 0.230 e. The number of hydrogen-bond donors (Lipinski definition) is 4. The lowest BCUT2D eigenvalue weighted by Crippen LogP contribution is -2.59. The van der Waals surface area contributed by atoms with E-state index >= 15 is 0 Å². The van der Waals surface area contributed by atoms with E-state index in [2.05, 4.69) is 18.8 Å². The van der Waals surface area contributed by atoms with E-state index in [-0.39, 0.29) is 29.7 Å². The maximum absolute atomic E-state index is 13.8. The monoisotopic (exact) mass is 451 g/mol. The van der Waals surface area contributed by atoms with Crippen molar-refractivity contribution in [1.29, 1.82) is 0 Å². The van der Waals surface area contributed by atoms with Crippen LogP contribution in [-0.4, -0.2) is 45.1 Å². The predicted molar refractivity (Wildman–Crippen MR) is 129 cm³/mol. The van der Waals surface area contributed by atoms with Gasteiger partial charge >= 0.3 is 0 Å². The number of hydrogen-bond acceptors (Lipinski definition) is 4. The fourth-order valence-electron chi connectivity index (χ4n) is 6.61. The first-order chi connectivity index (χ1) is 15.6. The number of allylic oxidation sites excluding steroid dienone is 1. The Labute approximate surface area is 196 Å². The van der Waals surface area contributed by atoms with Crippen molar-refractivity contribution in [2.75, 3.05) is 0 Å². The summed E-state index contributed by atoms with van der Waals surface area (Å²) in [5.74, 6) is -1.09. The Hall–Kier alpha value is -2.21. The molecule has 33 heavy (non-hydrogen) atoms. The first-order valence-corrected chi connectivity index (χ1v) is 12.1. The van der Waals surface area contributed by atoms with E-state index in [1.807, 2.05) is 49.4 Å². The van der Waals surface area contributed by atoms with Crippen molar-refractivity contribution in [3.63, 3.8) is 0 Å². The van der Waals surface area contributed by atoms with Gasteiger partial charge in [0.1, 0.15) is 0 Å². The molecule has 4 rings (SSSR count). The summed E-state index contributed by atoms with van der Waals surface area (Å²) in [7, 11) is 0. The molecule has 0 bridgehead atoms. The summed E-state index contributed by atoms with van der Waals surface area (Å²) in [6.07, 6.45) is 6.88. The Bertz CT molecular complexity index is 952. The van der Waals surface area contributed by atoms with Gasteiger partial charge in [0.25, 0.3) is 0 Å². The van der Waals surface area contributed by atoms with E-state index in [1.54, 1.807) is 19.1 Å². The molecule has 178 valence electrons. The van der Waals surface area contributed by atoms with E-state index in [0.717, 1.165) is 5.56 Å². The van der Waals surface area contributed by atoms with Crippen molar-refractivity contribution in [3.8, 4) is 0 Å². The lowest BCUT2D eigenvalue weighted by Gasteiger charge is -2.51. The molecule has 1 aliphatic heterocycles. The quantitative estimate of drug-likeness (QED) is 0.520. The number of aliphatic hydroxyl groups excluding tert-OH is 2. The molecule has 2 fully saturated rings. The van der Waals surface area contributed by atoms with Crippen molar-refractivity contribution >= 4 is 5.91 Å². The average molecular weight is 452 g/mol. The van der Waals surface area contributed by atoms with Gasteiger partial charge in [-0.3, -0.25) is 4.79 Å². The minimum atomic E-state index is -1.25. The normalized spacial score (nSPS) is 44.4. The summed E-state index contributed by atoms with van der Waals surface area (Å²) in [6, 6.07) is 9.80. The lowest BCUT2D eigenvalue weighted by molar-refractivity contribution is -0.147. The molecule has 5 heteroatoms. The van der Waals surface area contributed by atoms with E-state index in [0.29, 0.717) is 24.8 Å². The van der Waals surface area contributed by atoms with Gasteiger partial charge in [0, 0.05) is 17.9 Å². The number of rotatable bonds is 2. The van der Waals surface area contributed by atoms with Crippen LogP contribution in [0.2, 0.25) is 0 Å². The summed E-state index contributed by atoms with van der Waals surface area (Å²) < 4.78 is 0. The SMILES string of the molecule is C=C1[C@@H](C)[C@H]2[C@H](Cc3ccccc3)NC(=O)[C@]23[C@H](O)C=C[C@@](C)(O)C[C@@H](C)C/C=C/[C@H]3[C@@H]1O. The number of benzene rings is 1. The van der Waals surface area contributed by atoms with Gasteiger partial charge in [-0.05, 0) is 49.2 Å². The van der Waals surface area contributed by atoms with Gasteiger partial charge < -0.3 is 20.6 Å². The summed E-state index contributed by atoms with van der Waals surface area (Å²) in [5, 5.41) is 37.0. The highest BCUT2D eigenvalue weighted by molar-refractivity contribution is 5.88. The molecular weight excluding hydrogens is 414 g/mol. The van der Waals surface area contributed by atoms with Gasteiger partial charge in [0.05, 0.1) is 23.2 Å². The number of carbonyl (C=O) groups excluding carboxylic acids is 1. The smallest absolute Gasteiger partial charge is 0.230 e. The Balaban J connectivity index is 1.85. The van der Waals surface area contributed by atoms with Crippen LogP contribution in [0.1, 0.15) is 39.2 Å². The minimum absolute atomic E-state index is 0.176. The van der Waals surface area contributed by atoms with Gasteiger partial charge in [-0.1, -0.05) is 75.1 Å². The van der Waals surface area contributed by atoms with Crippen LogP contribution in [0.5, 0.6) is 0 Å². The van der Waals surface area contributed by atoms with Crippen molar-refractivity contribution in [1.82, 2.24) is 5.32 Å². The van der Waals surface area contributed by atoms with Crippen LogP contribution in [0.15, 0.2) is 66.8 Å². The summed E-state index contributed by atoms with van der Waals surface area (Å²) >= 11 is 0. The first kappa shape index (κ1) is 23.9. The molecule has 0 aromatic heterocycles. The van der Waals surface area contributed by atoms with Crippen molar-refractivity contribution in [2.45, 2.75) is 63.9 Å². The molecule has 1 aromatic rings. The molecule has 0 radical (unpaired) electrons. The van der Waals surface area contributed by atoms with Crippen LogP contribution in [0.3, 0.4) is 0 Å². The molecule has 1 aromatic carbocycles. The standard InChI is InChI=1S/C28H37NO4/c1-17-9-8-12-21-25(31)19(3)18(2)24-22(15-20-10-6-5-7-11-20)29-26(32)28(21,24)23(30)13-14-27(4,33)16-17/h5-8,10-14,17-18,21-25,30-31,33H,3,9,15-16H2,1-2,4H3,(H,29,32)/b12-8+,14-13?/t17-,18+,21-,22-,23+,24-,25+,27+,28+/m0/s1. The summed E-state index contributed by atoms with van der Waals surface area (Å²) in [6.45, 7) is 10.00. The third-order valence-electron chi connectivity index (χ3n) is 8.16. The molecule has 1 saturated heterocycles. The van der Waals surface area contributed by atoms with E-state index in [1.165, 1.54) is 0 Å². The maximum atomic E-state index is 13.8. The zero-order valence-corrected chi connectivity index (χ0v) is 19.8. The minimum Gasteiger partial charge on any atom is -0.388 e. The van der Waals surface area contributed by atoms with Crippen LogP contribution in [0.25, 0.3) is 0 Å². The molecule has 0 unspecified atom stereocenters. The van der Waals surface area contributed by atoms with Crippen LogP contribution in [0, 0.1) is 29.1 Å². The van der Waals surface area contributed by atoms with Gasteiger partial charge in [-0.15, -0.1) is 0 Å². The van der Waals surface area contributed by atoms with Gasteiger partial charge in [0.15, 0.2) is 0 Å². The molecule has 5 nitrogen and oxygen atoms in total. The van der Waals surface area contributed by atoms with Gasteiger partial charge in [0.2, 0.25) is 5.91 Å². The molecule has 3 aliphatic rings. The predicted octanol–water partition coefficient (Wildman–Crippen LogP) is 3.17. The first-order valence-electron chi connectivity index (χ1n) is 12.1. The molecule has 1 heterocycles. The second-order valence-corrected chi connectivity index (χ2v) is 10.7. The molecule has 4 N–H and O–H groups in total. The van der Waals surface area contributed by atoms with Crippen molar-refractivity contribution in [3.05, 3.63) is 72.4 Å². The number of nitrogens with one attached hydrogen (secondary N) is 1. The van der Waals surface area contributed by atoms with E-state index in [4.69, 9.17) is 0 Å². The van der Waals surface area contributed by atoms with E-state index in [9.17, 15) is 20.1 Å². The third kappa shape index (κ3) is 4.11. The number of carbonyl (C=O) groups is 1. The van der Waals surface area contributed by atoms with Gasteiger partial charge in [-0.2, -0.15) is 0 Å². The Kier molecular flexibility index (Phi) is 6.43. The Morgan fingerprint density at radius 2 is 1.85 bits per heavy atom. The molecular formula is C28H37NO4. The lowest BCUT2D eigenvalue weighted by atomic mass is 9.51. The highest BCUT2D eigenvalue weighted by Crippen LogP contribution is 2.57. The molecule has 2 aliphatic carbocycles. The second-order valence-electron chi connectivity index (χ2n) is 10.7. The second kappa shape index (κ2) is 8.86. The topological polar surface area (TPSA) is 89.8 Å². The average Bonchev–Trinajstić information content (AvgIpc) is 3.04. The van der Waals surface area contributed by atoms with Crippen molar-refractivity contribution < 1.29 is 20.1 Å². The molecule has 9 atom stereocenters. The zero-order valence-electron chi connectivity index (χ0n) is 19.8. The van der Waals surface area contributed by atoms with E-state index < -0.39 is 29.1 Å². The number of aliphatic hydroxyl groups is 3. The summed E-state index contributed by atoms with van der Waals surface area (Å²) in [5.41, 5.74) is -0.544. The van der Waals surface area contributed by atoms with Gasteiger partial charge in [-0.25, -0.2) is 0 Å². The van der Waals surface area contributed by atoms with Crippen LogP contribution in [-0.2, 0) is 11.2 Å². The fourth-order valence-corrected chi connectivity index (χ4v) is 6.61. The largest absolute Gasteiger partial charge is 0.388 e. The zero-order chi connectivity index (χ0) is 24.0. The molecule has 1 saturated carbocycles. The third-order valence-corrected chi connectivity index (χ3v) is 8.16. The fraction of sp³-hybridized carbons (Fsp3) is 0.536. The Morgan fingerprint density at radius 3 is 2.55 bits per heavy atom. The Morgan fingerprint density at radius 1 is 1.15 bits per heavy atom. The van der Waals surface area contributed by atoms with Crippen LogP contribution in [0.4, 0.5) is 0 Å². The highest BCUT2D eigenvalue weighted by atomic mass is 16.3.